The van der Waals surface area contributed by atoms with Crippen molar-refractivity contribution in [2.24, 2.45) is 0 Å². The molecule has 0 N–H and O–H groups in total. The molecule has 0 heterocycles. The first-order valence-corrected chi connectivity index (χ1v) is 34.4. The van der Waals surface area contributed by atoms with Gasteiger partial charge in [-0.05, 0) is 103 Å². The Morgan fingerprint density at radius 2 is 0.481 bits per heavy atom. The first-order valence-electron chi connectivity index (χ1n) is 34.4. The highest BCUT2D eigenvalue weighted by molar-refractivity contribution is 5.71. The Morgan fingerprint density at radius 1 is 0.259 bits per heavy atom. The lowest BCUT2D eigenvalue weighted by molar-refractivity contribution is -0.167. The zero-order valence-corrected chi connectivity index (χ0v) is 53.3. The molecule has 0 aromatic heterocycles. The molecule has 0 aliphatic carbocycles. The van der Waals surface area contributed by atoms with Crippen molar-refractivity contribution >= 4 is 17.9 Å². The molecule has 6 nitrogen and oxygen atoms in total. The van der Waals surface area contributed by atoms with Crippen molar-refractivity contribution in [1.29, 1.82) is 0 Å². The number of esters is 3. The number of ether oxygens (including phenoxy) is 3. The third kappa shape index (κ3) is 66.8. The molecule has 0 saturated heterocycles. The third-order valence-electron chi connectivity index (χ3n) is 14.8. The predicted molar refractivity (Wildman–Crippen MR) is 353 cm³/mol. The topological polar surface area (TPSA) is 78.9 Å². The van der Waals surface area contributed by atoms with E-state index in [1.54, 1.807) is 0 Å². The average molecular weight is 1130 g/mol. The van der Waals surface area contributed by atoms with Crippen LogP contribution in [-0.2, 0) is 28.6 Å². The lowest BCUT2D eigenvalue weighted by Gasteiger charge is -2.18. The minimum Gasteiger partial charge on any atom is -0.462 e. The fourth-order valence-corrected chi connectivity index (χ4v) is 9.70. The minimum absolute atomic E-state index is 0.0824. The summed E-state index contributed by atoms with van der Waals surface area (Å²) in [5, 5.41) is 0. The molecule has 0 aliphatic heterocycles. The number of carbonyl (C=O) groups excluding carboxylic acids is 3. The smallest absolute Gasteiger partial charge is 0.306 e. The molecule has 464 valence electrons. The standard InChI is InChI=1S/C75H128O6/c1-4-7-10-13-16-19-22-24-26-28-30-32-33-34-35-36-37-38-39-40-41-43-44-46-48-50-53-56-59-62-65-68-74(77)80-71-72(70-79-73(76)67-64-61-58-55-52-21-18-15-12-9-6-3)81-75(78)69-66-63-60-57-54-51-49-47-45-42-31-29-27-25-23-20-17-14-11-8-5-2/h7-8,10-11,16-17,19-20,24-27,30-32,42,47,49,72H,4-6,9,12-15,18,21-23,28-29,33-41,43-46,48,50-71H2,1-3H3/b10-7-,11-8-,19-16-,20-17-,26-24-,27-25-,32-30-,42-31-,49-47-. The lowest BCUT2D eigenvalue weighted by Crippen LogP contribution is -2.30. The first-order chi connectivity index (χ1) is 40.0. The molecule has 81 heavy (non-hydrogen) atoms. The van der Waals surface area contributed by atoms with Gasteiger partial charge < -0.3 is 14.2 Å². The van der Waals surface area contributed by atoms with Crippen molar-refractivity contribution < 1.29 is 28.6 Å². The summed E-state index contributed by atoms with van der Waals surface area (Å²) >= 11 is 0. The zero-order valence-electron chi connectivity index (χ0n) is 53.3. The normalized spacial score (nSPS) is 12.8. The van der Waals surface area contributed by atoms with Crippen LogP contribution in [0.1, 0.15) is 329 Å². The molecule has 0 radical (unpaired) electrons. The molecule has 1 atom stereocenters. The second kappa shape index (κ2) is 68.6. The highest BCUT2D eigenvalue weighted by Crippen LogP contribution is 2.17. The van der Waals surface area contributed by atoms with Gasteiger partial charge in [0, 0.05) is 19.3 Å². The largest absolute Gasteiger partial charge is 0.462 e. The van der Waals surface area contributed by atoms with Gasteiger partial charge in [0.2, 0.25) is 0 Å². The maximum atomic E-state index is 12.9. The van der Waals surface area contributed by atoms with Crippen molar-refractivity contribution in [1.82, 2.24) is 0 Å². The molecule has 0 spiro atoms. The molecule has 0 aromatic rings. The average Bonchev–Trinajstić information content (AvgIpc) is 3.47. The van der Waals surface area contributed by atoms with E-state index in [9.17, 15) is 14.4 Å². The van der Waals surface area contributed by atoms with E-state index in [2.05, 4.69) is 130 Å². The van der Waals surface area contributed by atoms with E-state index < -0.39 is 6.10 Å². The van der Waals surface area contributed by atoms with Crippen LogP contribution in [0, 0.1) is 0 Å². The van der Waals surface area contributed by atoms with Gasteiger partial charge in [0.15, 0.2) is 6.10 Å². The number of hydrogen-bond acceptors (Lipinski definition) is 6. The molecular weight excluding hydrogens is 997 g/mol. The summed E-state index contributed by atoms with van der Waals surface area (Å²) in [5.74, 6) is -0.889. The van der Waals surface area contributed by atoms with E-state index >= 15 is 0 Å². The van der Waals surface area contributed by atoms with Gasteiger partial charge in [0.25, 0.3) is 0 Å². The van der Waals surface area contributed by atoms with Crippen LogP contribution in [0.2, 0.25) is 0 Å². The van der Waals surface area contributed by atoms with Gasteiger partial charge in [0.1, 0.15) is 13.2 Å². The fraction of sp³-hybridized carbons (Fsp3) is 0.720. The van der Waals surface area contributed by atoms with Crippen molar-refractivity contribution in [3.05, 3.63) is 109 Å². The van der Waals surface area contributed by atoms with E-state index in [-0.39, 0.29) is 31.1 Å². The molecule has 0 fully saturated rings. The second-order valence-corrected chi connectivity index (χ2v) is 22.7. The van der Waals surface area contributed by atoms with Gasteiger partial charge in [-0.25, -0.2) is 0 Å². The maximum absolute atomic E-state index is 12.9. The summed E-state index contributed by atoms with van der Waals surface area (Å²) in [7, 11) is 0. The highest BCUT2D eigenvalue weighted by Gasteiger charge is 2.19. The molecule has 0 aromatic carbocycles. The molecule has 6 heteroatoms. The highest BCUT2D eigenvalue weighted by atomic mass is 16.6. The first kappa shape index (κ1) is 77.1. The monoisotopic (exact) mass is 1120 g/mol. The van der Waals surface area contributed by atoms with Gasteiger partial charge in [-0.1, -0.05) is 316 Å². The summed E-state index contributed by atoms with van der Waals surface area (Å²) in [6.45, 7) is 6.42. The van der Waals surface area contributed by atoms with Crippen molar-refractivity contribution in [2.75, 3.05) is 13.2 Å². The van der Waals surface area contributed by atoms with Crippen LogP contribution < -0.4 is 0 Å². The lowest BCUT2D eigenvalue weighted by atomic mass is 10.0. The molecular formula is C75H128O6. The van der Waals surface area contributed by atoms with E-state index in [4.69, 9.17) is 14.2 Å². The Balaban J connectivity index is 4.21. The molecule has 0 rings (SSSR count). The number of hydrogen-bond donors (Lipinski definition) is 0. The van der Waals surface area contributed by atoms with Crippen LogP contribution in [-0.4, -0.2) is 37.2 Å². The van der Waals surface area contributed by atoms with E-state index in [0.29, 0.717) is 19.3 Å². The van der Waals surface area contributed by atoms with Crippen molar-refractivity contribution in [3.8, 4) is 0 Å². The second-order valence-electron chi connectivity index (χ2n) is 22.7. The minimum atomic E-state index is -0.787. The summed E-state index contributed by atoms with van der Waals surface area (Å²) < 4.78 is 16.9. The van der Waals surface area contributed by atoms with Gasteiger partial charge in [0.05, 0.1) is 0 Å². The Bertz CT molecular complexity index is 1620. The van der Waals surface area contributed by atoms with Crippen LogP contribution in [0.15, 0.2) is 109 Å². The van der Waals surface area contributed by atoms with Crippen LogP contribution >= 0.6 is 0 Å². The third-order valence-corrected chi connectivity index (χ3v) is 14.8. The quantitative estimate of drug-likeness (QED) is 0.0261. The van der Waals surface area contributed by atoms with E-state index in [1.165, 1.54) is 154 Å². The Morgan fingerprint density at radius 3 is 0.753 bits per heavy atom. The van der Waals surface area contributed by atoms with E-state index in [1.807, 2.05) is 0 Å². The number of unbranched alkanes of at least 4 members (excludes halogenated alkanes) is 33. The Hall–Kier alpha value is -3.93. The van der Waals surface area contributed by atoms with Gasteiger partial charge in [-0.3, -0.25) is 14.4 Å². The molecule has 0 amide bonds. The molecule has 0 saturated carbocycles. The van der Waals surface area contributed by atoms with Crippen LogP contribution in [0.3, 0.4) is 0 Å². The Labute approximate surface area is 501 Å². The number of carbonyl (C=O) groups is 3. The van der Waals surface area contributed by atoms with Crippen LogP contribution in [0.5, 0.6) is 0 Å². The number of allylic oxidation sites excluding steroid dienone is 18. The van der Waals surface area contributed by atoms with Crippen molar-refractivity contribution in [3.63, 3.8) is 0 Å². The van der Waals surface area contributed by atoms with E-state index in [0.717, 1.165) is 135 Å². The zero-order chi connectivity index (χ0) is 58.5. The van der Waals surface area contributed by atoms with Gasteiger partial charge >= 0.3 is 17.9 Å². The number of rotatable bonds is 62. The summed E-state index contributed by atoms with van der Waals surface area (Å²) in [6.07, 6.45) is 94.0. The fourth-order valence-electron chi connectivity index (χ4n) is 9.70. The predicted octanol–water partition coefficient (Wildman–Crippen LogP) is 23.8. The summed E-state index contributed by atoms with van der Waals surface area (Å²) in [5.41, 5.74) is 0. The van der Waals surface area contributed by atoms with Crippen LogP contribution in [0.25, 0.3) is 0 Å². The summed E-state index contributed by atoms with van der Waals surface area (Å²) in [6, 6.07) is 0. The molecule has 0 aliphatic rings. The Kier molecular flexibility index (Phi) is 65.2. The van der Waals surface area contributed by atoms with Crippen molar-refractivity contribution in [2.45, 2.75) is 335 Å². The SMILES string of the molecule is CC/C=C\C/C=C\C/C=C\C/C=C\C/C=C\CCCCCCCC(=O)OC(COC(=O)CCCCCCCCCCCCC)COC(=O)CCCCCCCCCCCCCCCCCCCC/C=C\C/C=C\C/C=C\C/C=C\CC. The van der Waals surface area contributed by atoms with Gasteiger partial charge in [-0.2, -0.15) is 0 Å². The van der Waals surface area contributed by atoms with Gasteiger partial charge in [-0.15, -0.1) is 0 Å². The maximum Gasteiger partial charge on any atom is 0.306 e. The molecule has 0 bridgehead atoms. The van der Waals surface area contributed by atoms with Crippen LogP contribution in [0.4, 0.5) is 0 Å². The molecule has 1 unspecified atom stereocenters. The summed E-state index contributed by atoms with van der Waals surface area (Å²) in [4.78, 5) is 38.3.